The zero-order valence-corrected chi connectivity index (χ0v) is 18.9. The monoisotopic (exact) mass is 461 g/mol. The molecule has 2 N–H and O–H groups in total. The number of hydrogen-bond donors (Lipinski definition) is 2. The third-order valence-electron chi connectivity index (χ3n) is 5.82. The number of nitrogens with one attached hydrogen (secondary N) is 2. The first-order valence-corrected chi connectivity index (χ1v) is 11.4. The van der Waals surface area contributed by atoms with Crippen LogP contribution in [0.5, 0.6) is 0 Å². The van der Waals surface area contributed by atoms with Gasteiger partial charge < -0.3 is 20.3 Å². The second kappa shape index (κ2) is 11.4. The molecule has 176 valence electrons. The molecule has 2 amide bonds. The van der Waals surface area contributed by atoms with Crippen LogP contribution in [0.3, 0.4) is 0 Å². The molecule has 0 spiro atoms. The second-order valence-electron chi connectivity index (χ2n) is 8.14. The molecule has 7 heteroatoms. The largest absolute Gasteiger partial charge is 0.378 e. The highest BCUT2D eigenvalue weighted by Gasteiger charge is 2.24. The average molecular weight is 462 g/mol. The van der Waals surface area contributed by atoms with Crippen LogP contribution in [0.2, 0.25) is 0 Å². The summed E-state index contributed by atoms with van der Waals surface area (Å²) >= 11 is 0. The molecule has 0 aromatic heterocycles. The zero-order chi connectivity index (χ0) is 23.8. The molecular formula is C27H28FN3O3. The van der Waals surface area contributed by atoms with Crippen molar-refractivity contribution in [1.29, 1.82) is 0 Å². The molecule has 1 aliphatic heterocycles. The molecule has 1 heterocycles. The molecule has 3 aromatic carbocycles. The van der Waals surface area contributed by atoms with Crippen LogP contribution in [-0.2, 0) is 16.0 Å². The number of ether oxygens (including phenoxy) is 1. The van der Waals surface area contributed by atoms with Gasteiger partial charge in [-0.15, -0.1) is 0 Å². The van der Waals surface area contributed by atoms with Crippen molar-refractivity contribution in [2.24, 2.45) is 0 Å². The molecule has 3 aromatic rings. The van der Waals surface area contributed by atoms with Gasteiger partial charge in [0.25, 0.3) is 5.91 Å². The maximum absolute atomic E-state index is 14.2. The van der Waals surface area contributed by atoms with Gasteiger partial charge in [-0.25, -0.2) is 4.39 Å². The van der Waals surface area contributed by atoms with Crippen molar-refractivity contribution in [2.45, 2.75) is 18.9 Å². The number of halogens is 1. The lowest BCUT2D eigenvalue weighted by molar-refractivity contribution is -0.118. The van der Waals surface area contributed by atoms with Crippen LogP contribution < -0.4 is 15.5 Å². The summed E-state index contributed by atoms with van der Waals surface area (Å²) in [6, 6.07) is 22.2. The normalized spacial score (nSPS) is 14.3. The highest BCUT2D eigenvalue weighted by Crippen LogP contribution is 2.26. The van der Waals surface area contributed by atoms with E-state index in [9.17, 15) is 14.0 Å². The molecule has 4 rings (SSSR count). The van der Waals surface area contributed by atoms with Crippen LogP contribution in [-0.4, -0.2) is 44.2 Å². The standard InChI is InChI=1S/C27H28FN3O3/c28-22-11-5-4-10-21(22)26(32)30-24(15-14-20-8-2-1-3-9-20)27(33)29-23-12-6-7-13-25(23)31-16-18-34-19-17-31/h1-13,24H,14-19H2,(H,29,33)(H,30,32). The Morgan fingerprint density at radius 2 is 1.59 bits per heavy atom. The molecule has 1 aliphatic rings. The van der Waals surface area contributed by atoms with Crippen LogP contribution in [0.4, 0.5) is 15.8 Å². The van der Waals surface area contributed by atoms with E-state index in [1.807, 2.05) is 54.6 Å². The summed E-state index contributed by atoms with van der Waals surface area (Å²) in [4.78, 5) is 28.3. The second-order valence-corrected chi connectivity index (χ2v) is 8.14. The number of amides is 2. The lowest BCUT2D eigenvalue weighted by Crippen LogP contribution is -2.44. The van der Waals surface area contributed by atoms with Crippen LogP contribution >= 0.6 is 0 Å². The maximum atomic E-state index is 14.2. The van der Waals surface area contributed by atoms with Gasteiger partial charge in [0.15, 0.2) is 0 Å². The summed E-state index contributed by atoms with van der Waals surface area (Å²) in [5.74, 6) is -1.59. The van der Waals surface area contributed by atoms with Crippen molar-refractivity contribution in [1.82, 2.24) is 5.32 Å². The number of rotatable bonds is 8. The molecule has 6 nitrogen and oxygen atoms in total. The van der Waals surface area contributed by atoms with Crippen LogP contribution in [0, 0.1) is 5.82 Å². The predicted octanol–water partition coefficient (Wildman–Crippen LogP) is 4.03. The Hall–Kier alpha value is -3.71. The lowest BCUT2D eigenvalue weighted by atomic mass is 10.0. The molecule has 0 radical (unpaired) electrons. The number of nitrogens with zero attached hydrogens (tertiary/aromatic N) is 1. The van der Waals surface area contributed by atoms with E-state index in [0.29, 0.717) is 31.7 Å². The van der Waals surface area contributed by atoms with E-state index in [4.69, 9.17) is 4.74 Å². The van der Waals surface area contributed by atoms with Gasteiger partial charge in [-0.05, 0) is 42.7 Å². The van der Waals surface area contributed by atoms with Crippen LogP contribution in [0.1, 0.15) is 22.3 Å². The first-order valence-electron chi connectivity index (χ1n) is 11.4. The molecule has 0 aliphatic carbocycles. The highest BCUT2D eigenvalue weighted by molar-refractivity contribution is 6.02. The van der Waals surface area contributed by atoms with E-state index >= 15 is 0 Å². The topological polar surface area (TPSA) is 70.7 Å². The third kappa shape index (κ3) is 5.99. The SMILES string of the molecule is O=C(NC(CCc1ccccc1)C(=O)Nc1ccccc1N1CCOCC1)c1ccccc1F. The van der Waals surface area contributed by atoms with E-state index in [0.717, 1.165) is 24.3 Å². The number of anilines is 2. The zero-order valence-electron chi connectivity index (χ0n) is 18.9. The number of para-hydroxylation sites is 2. The van der Waals surface area contributed by atoms with Gasteiger partial charge in [-0.3, -0.25) is 9.59 Å². The van der Waals surface area contributed by atoms with Crippen LogP contribution in [0.15, 0.2) is 78.9 Å². The minimum absolute atomic E-state index is 0.0891. The molecule has 1 atom stereocenters. The molecule has 1 unspecified atom stereocenters. The minimum Gasteiger partial charge on any atom is -0.378 e. The van der Waals surface area contributed by atoms with Crippen molar-refractivity contribution < 1.29 is 18.7 Å². The van der Waals surface area contributed by atoms with Gasteiger partial charge in [0.1, 0.15) is 11.9 Å². The van der Waals surface area contributed by atoms with Crippen LogP contribution in [0.25, 0.3) is 0 Å². The first kappa shape index (κ1) is 23.4. The van der Waals surface area contributed by atoms with Gasteiger partial charge in [0.05, 0.1) is 30.2 Å². The average Bonchev–Trinajstić information content (AvgIpc) is 2.88. The Morgan fingerprint density at radius 1 is 0.912 bits per heavy atom. The third-order valence-corrected chi connectivity index (χ3v) is 5.82. The van der Waals surface area contributed by atoms with Crippen molar-refractivity contribution in [3.05, 3.63) is 95.8 Å². The number of benzene rings is 3. The fraction of sp³-hybridized carbons (Fsp3) is 0.259. The number of morpholine rings is 1. The Kier molecular flexibility index (Phi) is 7.88. The van der Waals surface area contributed by atoms with Gasteiger partial charge in [-0.1, -0.05) is 54.6 Å². The van der Waals surface area contributed by atoms with Gasteiger partial charge in [-0.2, -0.15) is 0 Å². The summed E-state index contributed by atoms with van der Waals surface area (Å²) < 4.78 is 19.6. The molecule has 34 heavy (non-hydrogen) atoms. The molecule has 0 saturated carbocycles. The predicted molar refractivity (Wildman–Crippen MR) is 131 cm³/mol. The van der Waals surface area contributed by atoms with Crippen molar-refractivity contribution in [3.8, 4) is 0 Å². The van der Waals surface area contributed by atoms with Crippen molar-refractivity contribution in [2.75, 3.05) is 36.5 Å². The molecule has 1 saturated heterocycles. The minimum atomic E-state index is -0.843. The first-order chi connectivity index (χ1) is 16.6. The summed E-state index contributed by atoms with van der Waals surface area (Å²) in [7, 11) is 0. The Balaban J connectivity index is 1.52. The number of carbonyl (C=O) groups is 2. The van der Waals surface area contributed by atoms with E-state index in [1.54, 1.807) is 6.07 Å². The fourth-order valence-corrected chi connectivity index (χ4v) is 3.99. The smallest absolute Gasteiger partial charge is 0.254 e. The summed E-state index contributed by atoms with van der Waals surface area (Å²) in [6.07, 6.45) is 0.956. The Bertz CT molecular complexity index is 1120. The van der Waals surface area contributed by atoms with Gasteiger partial charge in [0.2, 0.25) is 5.91 Å². The Labute approximate surface area is 198 Å². The quantitative estimate of drug-likeness (QED) is 0.531. The number of aryl methyl sites for hydroxylation is 1. The van der Waals surface area contributed by atoms with Crippen molar-refractivity contribution >= 4 is 23.2 Å². The van der Waals surface area contributed by atoms with E-state index in [-0.39, 0.29) is 11.5 Å². The number of hydrogen-bond acceptors (Lipinski definition) is 4. The fourth-order valence-electron chi connectivity index (χ4n) is 3.99. The van der Waals surface area contributed by atoms with E-state index in [2.05, 4.69) is 15.5 Å². The lowest BCUT2D eigenvalue weighted by Gasteiger charge is -2.31. The molecule has 0 bridgehead atoms. The van der Waals surface area contributed by atoms with E-state index < -0.39 is 17.8 Å². The van der Waals surface area contributed by atoms with Gasteiger partial charge >= 0.3 is 0 Å². The van der Waals surface area contributed by atoms with E-state index in [1.165, 1.54) is 18.2 Å². The maximum Gasteiger partial charge on any atom is 0.254 e. The van der Waals surface area contributed by atoms with Gasteiger partial charge in [0, 0.05) is 13.1 Å². The Morgan fingerprint density at radius 3 is 2.35 bits per heavy atom. The highest BCUT2D eigenvalue weighted by atomic mass is 19.1. The molecule has 1 fully saturated rings. The van der Waals surface area contributed by atoms with Crippen molar-refractivity contribution in [3.63, 3.8) is 0 Å². The molecular weight excluding hydrogens is 433 g/mol. The summed E-state index contributed by atoms with van der Waals surface area (Å²) in [5.41, 5.74) is 2.53. The number of carbonyl (C=O) groups excluding carboxylic acids is 2. The summed E-state index contributed by atoms with van der Waals surface area (Å²) in [6.45, 7) is 2.71. The summed E-state index contributed by atoms with van der Waals surface area (Å²) in [5, 5.41) is 5.72.